The minimum absolute atomic E-state index is 0. The fourth-order valence-electron chi connectivity index (χ4n) is 4.09. The van der Waals surface area contributed by atoms with Crippen LogP contribution in [0.3, 0.4) is 0 Å². The fourth-order valence-corrected chi connectivity index (χ4v) is 4.09. The lowest BCUT2D eigenvalue weighted by molar-refractivity contribution is 0.246. The van der Waals surface area contributed by atoms with Crippen LogP contribution in [0, 0.1) is 12.8 Å². The van der Waals surface area contributed by atoms with Crippen molar-refractivity contribution in [3.63, 3.8) is 0 Å². The largest absolute Gasteiger partial charge is 0.399 e. The van der Waals surface area contributed by atoms with Crippen LogP contribution in [0.25, 0.3) is 0 Å². The van der Waals surface area contributed by atoms with Crippen molar-refractivity contribution in [3.05, 3.63) is 59.7 Å². The van der Waals surface area contributed by atoms with E-state index in [-0.39, 0.29) is 17.0 Å². The molecule has 1 saturated heterocycles. The second-order valence-electron chi connectivity index (χ2n) is 7.35. The van der Waals surface area contributed by atoms with E-state index in [1.165, 1.54) is 42.9 Å². The molecule has 2 atom stereocenters. The van der Waals surface area contributed by atoms with E-state index in [4.69, 9.17) is 5.73 Å². The van der Waals surface area contributed by atoms with Crippen molar-refractivity contribution in [1.29, 1.82) is 0 Å². The van der Waals surface area contributed by atoms with E-state index in [9.17, 15) is 0 Å². The highest BCUT2D eigenvalue weighted by Gasteiger charge is 2.39. The van der Waals surface area contributed by atoms with E-state index in [2.05, 4.69) is 59.2 Å². The molecule has 1 aliphatic heterocycles. The summed E-state index contributed by atoms with van der Waals surface area (Å²) in [5.74, 6) is 1.65. The summed E-state index contributed by atoms with van der Waals surface area (Å²) in [5, 5.41) is 0. The molecule has 1 heterocycles. The molecule has 0 radical (unpaired) electrons. The predicted molar refractivity (Wildman–Crippen MR) is 112 cm³/mol. The third-order valence-corrected chi connectivity index (χ3v) is 5.58. The van der Waals surface area contributed by atoms with E-state index in [1.54, 1.807) is 0 Å². The number of nitrogens with zero attached hydrogens (tertiary/aromatic N) is 2. The van der Waals surface area contributed by atoms with Gasteiger partial charge >= 0.3 is 0 Å². The Morgan fingerprint density at radius 1 is 1.00 bits per heavy atom. The maximum atomic E-state index is 5.88. The van der Waals surface area contributed by atoms with Crippen molar-refractivity contribution in [2.45, 2.75) is 19.3 Å². The zero-order chi connectivity index (χ0) is 16.5. The highest BCUT2D eigenvalue weighted by Crippen LogP contribution is 2.47. The zero-order valence-corrected chi connectivity index (χ0v) is 16.6. The van der Waals surface area contributed by atoms with Crippen LogP contribution in [-0.2, 0) is 0 Å². The Kier molecular flexibility index (Phi) is 5.70. The molecule has 0 aromatic heterocycles. The maximum absolute atomic E-state index is 5.88. The molecule has 2 aromatic carbocycles. The number of nitrogen functional groups attached to an aromatic ring is 1. The van der Waals surface area contributed by atoms with Crippen LogP contribution in [0.1, 0.15) is 23.5 Å². The van der Waals surface area contributed by atoms with Crippen LogP contribution >= 0.6 is 17.0 Å². The predicted octanol–water partition coefficient (Wildman–Crippen LogP) is 4.08. The Labute approximate surface area is 161 Å². The standard InChI is InChI=1S/C21H27N3.BrH/c1-16-13-19(22)7-8-21(16)24-11-9-23(10-12-24)15-18-14-20(18)17-5-3-2-4-6-17;/h2-8,13,18,20H,9-12,14-15,22H2,1H3;1H/t18-,20-;/m0./s1. The molecular formula is C21H28BrN3. The van der Waals surface area contributed by atoms with Crippen molar-refractivity contribution in [3.8, 4) is 0 Å². The molecule has 1 aliphatic carbocycles. The Morgan fingerprint density at radius 3 is 2.40 bits per heavy atom. The number of halogens is 1. The first-order valence-corrected chi connectivity index (χ1v) is 9.09. The summed E-state index contributed by atoms with van der Waals surface area (Å²) in [6.07, 6.45) is 1.36. The number of nitrogens with two attached hydrogens (primary N) is 1. The molecule has 2 fully saturated rings. The van der Waals surface area contributed by atoms with Gasteiger partial charge < -0.3 is 10.6 Å². The molecule has 134 valence electrons. The van der Waals surface area contributed by atoms with Gasteiger partial charge in [0.25, 0.3) is 0 Å². The lowest BCUT2D eigenvalue weighted by atomic mass is 10.1. The molecule has 2 aliphatic rings. The lowest BCUT2D eigenvalue weighted by Gasteiger charge is -2.37. The molecule has 25 heavy (non-hydrogen) atoms. The van der Waals surface area contributed by atoms with Gasteiger partial charge in [-0.15, -0.1) is 17.0 Å². The molecular weight excluding hydrogens is 374 g/mol. The second kappa shape index (κ2) is 7.79. The molecule has 4 heteroatoms. The SMILES string of the molecule is Br.Cc1cc(N)ccc1N1CCN(C[C@@H]2C[C@H]2c2ccccc2)CC1. The van der Waals surface area contributed by atoms with Crippen molar-refractivity contribution < 1.29 is 0 Å². The Morgan fingerprint density at radius 2 is 1.72 bits per heavy atom. The maximum Gasteiger partial charge on any atom is 0.0398 e. The van der Waals surface area contributed by atoms with Gasteiger partial charge in [0.2, 0.25) is 0 Å². The Hall–Kier alpha value is -1.52. The van der Waals surface area contributed by atoms with Gasteiger partial charge in [-0.05, 0) is 54.5 Å². The van der Waals surface area contributed by atoms with E-state index >= 15 is 0 Å². The van der Waals surface area contributed by atoms with Crippen LogP contribution in [0.5, 0.6) is 0 Å². The van der Waals surface area contributed by atoms with Crippen molar-refractivity contribution in [1.82, 2.24) is 4.90 Å². The average molecular weight is 402 g/mol. The van der Waals surface area contributed by atoms with Gasteiger partial charge in [-0.1, -0.05) is 30.3 Å². The lowest BCUT2D eigenvalue weighted by Crippen LogP contribution is -2.47. The van der Waals surface area contributed by atoms with Crippen molar-refractivity contribution >= 4 is 28.4 Å². The highest BCUT2D eigenvalue weighted by molar-refractivity contribution is 8.93. The Bertz CT molecular complexity index is 696. The molecule has 0 amide bonds. The van der Waals surface area contributed by atoms with Crippen LogP contribution in [0.4, 0.5) is 11.4 Å². The number of hydrogen-bond donors (Lipinski definition) is 1. The van der Waals surface area contributed by atoms with Gasteiger partial charge in [-0.2, -0.15) is 0 Å². The molecule has 0 spiro atoms. The van der Waals surface area contributed by atoms with Gasteiger partial charge in [0.15, 0.2) is 0 Å². The third kappa shape index (κ3) is 4.18. The summed E-state index contributed by atoms with van der Waals surface area (Å²) in [5.41, 5.74) is 10.9. The summed E-state index contributed by atoms with van der Waals surface area (Å²) in [6.45, 7) is 7.99. The van der Waals surface area contributed by atoms with E-state index in [0.717, 1.165) is 30.6 Å². The monoisotopic (exact) mass is 401 g/mol. The normalized spacial score (nSPS) is 23.2. The van der Waals surface area contributed by atoms with Crippen LogP contribution in [-0.4, -0.2) is 37.6 Å². The van der Waals surface area contributed by atoms with Crippen LogP contribution in [0.2, 0.25) is 0 Å². The number of anilines is 2. The third-order valence-electron chi connectivity index (χ3n) is 5.58. The van der Waals surface area contributed by atoms with Gasteiger partial charge in [0.05, 0.1) is 0 Å². The van der Waals surface area contributed by atoms with E-state index in [0.29, 0.717) is 0 Å². The summed E-state index contributed by atoms with van der Waals surface area (Å²) >= 11 is 0. The molecule has 2 aromatic rings. The molecule has 4 rings (SSSR count). The number of rotatable bonds is 4. The van der Waals surface area contributed by atoms with E-state index in [1.807, 2.05) is 6.07 Å². The minimum atomic E-state index is 0. The Balaban J connectivity index is 0.00000182. The van der Waals surface area contributed by atoms with Crippen LogP contribution in [0.15, 0.2) is 48.5 Å². The first-order valence-electron chi connectivity index (χ1n) is 9.09. The number of piperazine rings is 1. The molecule has 0 bridgehead atoms. The minimum Gasteiger partial charge on any atom is -0.399 e. The summed E-state index contributed by atoms with van der Waals surface area (Å²) in [7, 11) is 0. The number of benzene rings is 2. The van der Waals surface area contributed by atoms with Gasteiger partial charge in [0.1, 0.15) is 0 Å². The molecule has 0 unspecified atom stereocenters. The summed E-state index contributed by atoms with van der Waals surface area (Å²) in [6, 6.07) is 17.3. The van der Waals surface area contributed by atoms with Gasteiger partial charge in [-0.3, -0.25) is 4.90 Å². The second-order valence-corrected chi connectivity index (χ2v) is 7.35. The fraction of sp³-hybridized carbons (Fsp3) is 0.429. The quantitative estimate of drug-likeness (QED) is 0.783. The number of hydrogen-bond acceptors (Lipinski definition) is 3. The zero-order valence-electron chi connectivity index (χ0n) is 14.9. The topological polar surface area (TPSA) is 32.5 Å². The summed E-state index contributed by atoms with van der Waals surface area (Å²) < 4.78 is 0. The molecule has 2 N–H and O–H groups in total. The first kappa shape index (κ1) is 18.3. The van der Waals surface area contributed by atoms with Gasteiger partial charge in [-0.25, -0.2) is 0 Å². The number of aryl methyl sites for hydroxylation is 1. The average Bonchev–Trinajstić information content (AvgIpc) is 3.36. The highest BCUT2D eigenvalue weighted by atomic mass is 79.9. The first-order chi connectivity index (χ1) is 11.7. The molecule has 3 nitrogen and oxygen atoms in total. The van der Waals surface area contributed by atoms with Gasteiger partial charge in [0, 0.05) is 44.1 Å². The van der Waals surface area contributed by atoms with E-state index < -0.39 is 0 Å². The van der Waals surface area contributed by atoms with Crippen LogP contribution < -0.4 is 10.6 Å². The summed E-state index contributed by atoms with van der Waals surface area (Å²) in [4.78, 5) is 5.16. The molecule has 1 saturated carbocycles. The van der Waals surface area contributed by atoms with Crippen molar-refractivity contribution in [2.75, 3.05) is 43.4 Å². The van der Waals surface area contributed by atoms with Crippen molar-refractivity contribution in [2.24, 2.45) is 5.92 Å². The smallest absolute Gasteiger partial charge is 0.0398 e.